The van der Waals surface area contributed by atoms with Crippen LogP contribution < -0.4 is 14.8 Å². The molecule has 0 spiro atoms. The van der Waals surface area contributed by atoms with Crippen molar-refractivity contribution in [2.45, 2.75) is 33.1 Å². The minimum Gasteiger partial charge on any atom is -0.423 e. The number of aldehydes is 1. The van der Waals surface area contributed by atoms with E-state index in [-0.39, 0.29) is 56.0 Å². The van der Waals surface area contributed by atoms with Gasteiger partial charge in [0.15, 0.2) is 6.29 Å². The van der Waals surface area contributed by atoms with Gasteiger partial charge in [0.05, 0.1) is 27.8 Å². The van der Waals surface area contributed by atoms with Gasteiger partial charge in [0.2, 0.25) is 0 Å². The number of fused-ring (bicyclic) bond motifs is 1. The smallest absolute Gasteiger partial charge is 0.343 e. The van der Waals surface area contributed by atoms with Gasteiger partial charge in [-0.15, -0.1) is 0 Å². The van der Waals surface area contributed by atoms with E-state index in [0.29, 0.717) is 11.2 Å². The Hall–Kier alpha value is -7.08. The molecule has 1 aliphatic rings. The number of carbonyl (C=O) groups excluding carboxylic acids is 8. The zero-order chi connectivity index (χ0) is 38.8. The van der Waals surface area contributed by atoms with Gasteiger partial charge in [-0.3, -0.25) is 34.1 Å². The summed E-state index contributed by atoms with van der Waals surface area (Å²) in [7, 11) is 0. The van der Waals surface area contributed by atoms with E-state index in [9.17, 15) is 38.4 Å². The standard InChI is InChI=1S/C41H32N2O10/c1-22(2)34(45)42-35(46)31-17-7-24(19-26(31)21-44)39(50)52-29-13-9-27(10-14-29)41(5,6)28-11-15-30(16-12-28)53-40(51)25-8-18-32-33(20-25)38(49)43(37(32)48)36(47)23(3)4/h7-21H,1,3H2,2,4-6H3,(H,42,45,46). The van der Waals surface area contributed by atoms with Crippen LogP contribution in [0.5, 0.6) is 11.5 Å². The molecule has 0 aromatic heterocycles. The molecule has 0 radical (unpaired) electrons. The largest absolute Gasteiger partial charge is 0.423 e. The van der Waals surface area contributed by atoms with Crippen LogP contribution in [0.1, 0.15) is 101 Å². The molecule has 0 saturated heterocycles. The molecule has 12 nitrogen and oxygen atoms in total. The first kappa shape index (κ1) is 37.2. The van der Waals surface area contributed by atoms with Crippen LogP contribution in [0.2, 0.25) is 0 Å². The summed E-state index contributed by atoms with van der Waals surface area (Å²) in [5, 5.41) is 2.12. The van der Waals surface area contributed by atoms with Crippen LogP contribution >= 0.6 is 0 Å². The zero-order valence-electron chi connectivity index (χ0n) is 29.1. The molecule has 0 fully saturated rings. The second-order valence-electron chi connectivity index (χ2n) is 12.7. The number of benzene rings is 4. The predicted octanol–water partition coefficient (Wildman–Crippen LogP) is 5.79. The van der Waals surface area contributed by atoms with Gasteiger partial charge in [-0.25, -0.2) is 14.5 Å². The molecule has 1 heterocycles. The molecule has 1 aliphatic heterocycles. The molecule has 1 N–H and O–H groups in total. The minimum atomic E-state index is -0.842. The number of hydrogen-bond donors (Lipinski definition) is 1. The number of nitrogens with zero attached hydrogens (tertiary/aromatic N) is 1. The minimum absolute atomic E-state index is 0.000320. The van der Waals surface area contributed by atoms with Crippen molar-refractivity contribution < 1.29 is 47.8 Å². The van der Waals surface area contributed by atoms with E-state index in [0.717, 1.165) is 11.1 Å². The van der Waals surface area contributed by atoms with Gasteiger partial charge in [0.1, 0.15) is 11.5 Å². The summed E-state index contributed by atoms with van der Waals surface area (Å²) in [6.07, 6.45) is 0.398. The molecule has 4 aromatic rings. The van der Waals surface area contributed by atoms with Gasteiger partial charge in [0, 0.05) is 22.1 Å². The third-order valence-electron chi connectivity index (χ3n) is 8.54. The second kappa shape index (κ2) is 14.6. The maximum absolute atomic E-state index is 13.0. The van der Waals surface area contributed by atoms with Gasteiger partial charge in [0.25, 0.3) is 29.5 Å². The number of nitrogens with one attached hydrogen (secondary N) is 1. The summed E-state index contributed by atoms with van der Waals surface area (Å²) < 4.78 is 11.0. The fourth-order valence-corrected chi connectivity index (χ4v) is 5.39. The van der Waals surface area contributed by atoms with Gasteiger partial charge in [-0.2, -0.15) is 0 Å². The van der Waals surface area contributed by atoms with Crippen LogP contribution in [0.4, 0.5) is 0 Å². The van der Waals surface area contributed by atoms with Crippen LogP contribution in [-0.4, -0.2) is 52.7 Å². The normalized spacial score (nSPS) is 12.0. The van der Waals surface area contributed by atoms with Gasteiger partial charge < -0.3 is 9.47 Å². The van der Waals surface area contributed by atoms with Crippen molar-refractivity contribution in [3.05, 3.63) is 154 Å². The van der Waals surface area contributed by atoms with Gasteiger partial charge in [-0.05, 0) is 85.6 Å². The molecule has 0 aliphatic carbocycles. The number of rotatable bonds is 10. The molecule has 12 heteroatoms. The van der Waals surface area contributed by atoms with Crippen LogP contribution in [0.25, 0.3) is 0 Å². The first-order valence-corrected chi connectivity index (χ1v) is 16.0. The quantitative estimate of drug-likeness (QED) is 0.0698. The van der Waals surface area contributed by atoms with Crippen molar-refractivity contribution in [3.8, 4) is 11.5 Å². The van der Waals surface area contributed by atoms with E-state index in [1.54, 1.807) is 48.5 Å². The number of ether oxygens (including phenoxy) is 2. The molecular formula is C41H32N2O10. The average Bonchev–Trinajstić information content (AvgIpc) is 3.39. The van der Waals surface area contributed by atoms with E-state index in [1.165, 1.54) is 50.2 Å². The monoisotopic (exact) mass is 712 g/mol. The van der Waals surface area contributed by atoms with E-state index in [2.05, 4.69) is 18.5 Å². The van der Waals surface area contributed by atoms with Gasteiger partial charge >= 0.3 is 11.9 Å². The maximum atomic E-state index is 13.0. The van der Waals surface area contributed by atoms with Crippen LogP contribution in [0, 0.1) is 0 Å². The van der Waals surface area contributed by atoms with Crippen molar-refractivity contribution in [3.63, 3.8) is 0 Å². The molecule has 0 saturated carbocycles. The highest BCUT2D eigenvalue weighted by molar-refractivity contribution is 6.31. The first-order valence-electron chi connectivity index (χ1n) is 16.0. The predicted molar refractivity (Wildman–Crippen MR) is 191 cm³/mol. The number of imide groups is 4. The number of amides is 5. The molecule has 0 unspecified atom stereocenters. The lowest BCUT2D eigenvalue weighted by molar-refractivity contribution is -0.122. The summed E-state index contributed by atoms with van der Waals surface area (Å²) >= 11 is 0. The van der Waals surface area contributed by atoms with Crippen molar-refractivity contribution in [2.75, 3.05) is 0 Å². The van der Waals surface area contributed by atoms with Crippen LogP contribution in [-0.2, 0) is 15.0 Å². The van der Waals surface area contributed by atoms with Crippen molar-refractivity contribution in [1.29, 1.82) is 0 Å². The molecule has 4 aromatic carbocycles. The Morgan fingerprint density at radius 3 is 1.66 bits per heavy atom. The SMILES string of the molecule is C=C(C)C(=O)NC(=O)c1ccc(C(=O)Oc2ccc(C(C)(C)c3ccc(OC(=O)c4ccc5c(c4)C(=O)N(C(=O)C(=C)C)C5=O)cc3)cc2)cc1C=O. The lowest BCUT2D eigenvalue weighted by atomic mass is 9.78. The Kier molecular flexibility index (Phi) is 10.3. The highest BCUT2D eigenvalue weighted by Crippen LogP contribution is 2.34. The molecule has 5 rings (SSSR count). The van der Waals surface area contributed by atoms with E-state index < -0.39 is 46.9 Å². The van der Waals surface area contributed by atoms with Crippen molar-refractivity contribution in [2.24, 2.45) is 0 Å². The van der Waals surface area contributed by atoms with Crippen molar-refractivity contribution in [1.82, 2.24) is 10.2 Å². The number of hydrogen-bond acceptors (Lipinski definition) is 10. The Balaban J connectivity index is 1.23. The summed E-state index contributed by atoms with van der Waals surface area (Å²) in [6.45, 7) is 13.7. The highest BCUT2D eigenvalue weighted by Gasteiger charge is 2.40. The fraction of sp³-hybridized carbons (Fsp3) is 0.122. The first-order chi connectivity index (χ1) is 25.0. The summed E-state index contributed by atoms with van der Waals surface area (Å²) in [5.41, 5.74) is 1.05. The topological polar surface area (TPSA) is 170 Å². The summed E-state index contributed by atoms with van der Waals surface area (Å²) in [6, 6.07) is 21.2. The number of carbonyl (C=O) groups is 8. The molecule has 0 bridgehead atoms. The molecular weight excluding hydrogens is 680 g/mol. The van der Waals surface area contributed by atoms with E-state index >= 15 is 0 Å². The summed E-state index contributed by atoms with van der Waals surface area (Å²) in [4.78, 5) is 100.0. The lowest BCUT2D eigenvalue weighted by Gasteiger charge is -2.26. The molecule has 53 heavy (non-hydrogen) atoms. The average molecular weight is 713 g/mol. The molecule has 266 valence electrons. The maximum Gasteiger partial charge on any atom is 0.343 e. The number of esters is 2. The fourth-order valence-electron chi connectivity index (χ4n) is 5.39. The van der Waals surface area contributed by atoms with Crippen LogP contribution in [0.15, 0.2) is 109 Å². The zero-order valence-corrected chi connectivity index (χ0v) is 29.1. The summed E-state index contributed by atoms with van der Waals surface area (Å²) in [5.74, 6) is -5.03. The third-order valence-corrected chi connectivity index (χ3v) is 8.54. The Morgan fingerprint density at radius 2 is 1.17 bits per heavy atom. The van der Waals surface area contributed by atoms with E-state index in [1.807, 2.05) is 13.8 Å². The van der Waals surface area contributed by atoms with Crippen LogP contribution in [0.3, 0.4) is 0 Å². The Bertz CT molecular complexity index is 2280. The van der Waals surface area contributed by atoms with Crippen molar-refractivity contribution >= 4 is 47.8 Å². The Labute approximate surface area is 303 Å². The molecule has 0 atom stereocenters. The third kappa shape index (κ3) is 7.52. The Morgan fingerprint density at radius 1 is 0.679 bits per heavy atom. The highest BCUT2D eigenvalue weighted by atomic mass is 16.5. The van der Waals surface area contributed by atoms with E-state index in [4.69, 9.17) is 9.47 Å². The molecule has 5 amide bonds. The second-order valence-corrected chi connectivity index (χ2v) is 12.7. The lowest BCUT2D eigenvalue weighted by Crippen LogP contribution is -2.36. The van der Waals surface area contributed by atoms with Gasteiger partial charge in [-0.1, -0.05) is 51.3 Å².